The van der Waals surface area contributed by atoms with Crippen LogP contribution in [0.15, 0.2) is 76.2 Å². The second-order valence-corrected chi connectivity index (χ2v) is 6.13. The van der Waals surface area contributed by atoms with E-state index in [2.05, 4.69) is 9.93 Å². The molecule has 5 heteroatoms. The molecule has 2 rings (SSSR count). The number of benzene rings is 2. The largest absolute Gasteiger partial charge is 0.276 e. The van der Waals surface area contributed by atoms with Crippen molar-refractivity contribution in [3.8, 4) is 0 Å². The number of hydrazone groups is 1. The molecule has 0 unspecified atom stereocenters. The molecule has 108 valence electrons. The molecular weight excluding hydrogens is 284 g/mol. The highest BCUT2D eigenvalue weighted by molar-refractivity contribution is 7.89. The predicted molar refractivity (Wildman–Crippen MR) is 85.3 cm³/mol. The minimum absolute atomic E-state index is 0.187. The summed E-state index contributed by atoms with van der Waals surface area (Å²) in [5.41, 5.74) is 1.88. The van der Waals surface area contributed by atoms with Crippen LogP contribution in [0, 0.1) is 0 Å². The van der Waals surface area contributed by atoms with E-state index >= 15 is 0 Å². The third-order valence-corrected chi connectivity index (χ3v) is 3.93. The third-order valence-electron chi connectivity index (χ3n) is 2.69. The Morgan fingerprint density at radius 2 is 1.57 bits per heavy atom. The van der Waals surface area contributed by atoms with Crippen molar-refractivity contribution in [1.82, 2.24) is 4.83 Å². The van der Waals surface area contributed by atoms with Gasteiger partial charge in [-0.2, -0.15) is 13.5 Å². The average Bonchev–Trinajstić information content (AvgIpc) is 2.49. The van der Waals surface area contributed by atoms with E-state index in [1.165, 1.54) is 18.3 Å². The molecule has 2 aromatic carbocycles. The van der Waals surface area contributed by atoms with E-state index in [1.807, 2.05) is 43.3 Å². The number of allylic oxidation sites excluding steroid dienone is 1. The molecule has 1 N–H and O–H groups in total. The standard InChI is InChI=1S/C16H16N2O2S/c1-14(12-15-8-4-2-5-9-15)13-17-18-21(19,20)16-10-6-3-7-11-16/h2-13,18H,1H3/b14-12+,17-13+. The first-order chi connectivity index (χ1) is 10.1. The molecule has 4 nitrogen and oxygen atoms in total. The zero-order valence-corrected chi connectivity index (χ0v) is 12.4. The van der Waals surface area contributed by atoms with Crippen LogP contribution < -0.4 is 4.83 Å². The fraction of sp³-hybridized carbons (Fsp3) is 0.0625. The normalized spacial score (nSPS) is 12.5. The molecule has 0 aromatic heterocycles. The van der Waals surface area contributed by atoms with Gasteiger partial charge in [-0.3, -0.25) is 0 Å². The van der Waals surface area contributed by atoms with Crippen LogP contribution in [-0.2, 0) is 10.0 Å². The van der Waals surface area contributed by atoms with Gasteiger partial charge in [-0.1, -0.05) is 54.6 Å². The predicted octanol–water partition coefficient (Wildman–Crippen LogP) is 3.05. The molecule has 0 amide bonds. The number of sulfonamides is 1. The van der Waals surface area contributed by atoms with Gasteiger partial charge in [-0.05, 0) is 30.2 Å². The Morgan fingerprint density at radius 3 is 2.19 bits per heavy atom. The van der Waals surface area contributed by atoms with Gasteiger partial charge in [-0.25, -0.2) is 4.83 Å². The van der Waals surface area contributed by atoms with Gasteiger partial charge in [0.05, 0.1) is 11.1 Å². The van der Waals surface area contributed by atoms with Crippen LogP contribution in [0.2, 0.25) is 0 Å². The lowest BCUT2D eigenvalue weighted by atomic mass is 10.1. The maximum Gasteiger partial charge on any atom is 0.276 e. The van der Waals surface area contributed by atoms with Gasteiger partial charge < -0.3 is 0 Å². The summed E-state index contributed by atoms with van der Waals surface area (Å²) in [6.45, 7) is 1.85. The number of nitrogens with zero attached hydrogens (tertiary/aromatic N) is 1. The van der Waals surface area contributed by atoms with Gasteiger partial charge >= 0.3 is 0 Å². The molecule has 0 saturated heterocycles. The second kappa shape index (κ2) is 6.85. The summed E-state index contributed by atoms with van der Waals surface area (Å²) in [7, 11) is -3.60. The lowest BCUT2D eigenvalue weighted by molar-refractivity contribution is 0.584. The summed E-state index contributed by atoms with van der Waals surface area (Å²) in [5.74, 6) is 0. The minimum Gasteiger partial charge on any atom is -0.200 e. The zero-order chi connectivity index (χ0) is 15.1. The Hall–Kier alpha value is -2.40. The summed E-state index contributed by atoms with van der Waals surface area (Å²) in [6.07, 6.45) is 3.40. The van der Waals surface area contributed by atoms with Crippen molar-refractivity contribution in [2.24, 2.45) is 5.10 Å². The van der Waals surface area contributed by atoms with Crippen LogP contribution in [-0.4, -0.2) is 14.6 Å². The number of hydrogen-bond acceptors (Lipinski definition) is 3. The van der Waals surface area contributed by atoms with Gasteiger partial charge in [0, 0.05) is 0 Å². The van der Waals surface area contributed by atoms with Gasteiger partial charge in [0.2, 0.25) is 0 Å². The maximum atomic E-state index is 11.9. The Bertz CT molecular complexity index is 736. The molecule has 21 heavy (non-hydrogen) atoms. The summed E-state index contributed by atoms with van der Waals surface area (Å²) in [4.78, 5) is 2.38. The molecule has 0 fully saturated rings. The zero-order valence-electron chi connectivity index (χ0n) is 11.6. The first kappa shape index (κ1) is 15.0. The number of hydrogen-bond donors (Lipinski definition) is 1. The molecule has 0 spiro atoms. The van der Waals surface area contributed by atoms with Crippen molar-refractivity contribution in [3.63, 3.8) is 0 Å². The summed E-state index contributed by atoms with van der Waals surface area (Å²) < 4.78 is 23.9. The molecule has 0 heterocycles. The highest BCUT2D eigenvalue weighted by Gasteiger charge is 2.10. The smallest absolute Gasteiger partial charge is 0.200 e. The van der Waals surface area contributed by atoms with Crippen LogP contribution in [0.5, 0.6) is 0 Å². The lowest BCUT2D eigenvalue weighted by Gasteiger charge is -2.02. The molecule has 2 aromatic rings. The lowest BCUT2D eigenvalue weighted by Crippen LogP contribution is -2.18. The Balaban J connectivity index is 2.04. The Labute approximate surface area is 124 Å². The molecule has 0 radical (unpaired) electrons. The van der Waals surface area contributed by atoms with E-state index in [4.69, 9.17) is 0 Å². The van der Waals surface area contributed by atoms with E-state index < -0.39 is 10.0 Å². The van der Waals surface area contributed by atoms with Crippen LogP contribution in [0.3, 0.4) is 0 Å². The van der Waals surface area contributed by atoms with Crippen molar-refractivity contribution in [2.45, 2.75) is 11.8 Å². The van der Waals surface area contributed by atoms with E-state index in [-0.39, 0.29) is 4.90 Å². The van der Waals surface area contributed by atoms with E-state index in [1.54, 1.807) is 18.2 Å². The maximum absolute atomic E-state index is 11.9. The molecule has 0 aliphatic carbocycles. The number of rotatable bonds is 5. The van der Waals surface area contributed by atoms with Crippen molar-refractivity contribution in [2.75, 3.05) is 0 Å². The van der Waals surface area contributed by atoms with Crippen molar-refractivity contribution in [1.29, 1.82) is 0 Å². The quantitative estimate of drug-likeness (QED) is 0.681. The van der Waals surface area contributed by atoms with Crippen molar-refractivity contribution in [3.05, 3.63) is 71.8 Å². The van der Waals surface area contributed by atoms with Gasteiger partial charge in [0.1, 0.15) is 0 Å². The first-order valence-electron chi connectivity index (χ1n) is 6.41. The molecule has 0 aliphatic rings. The van der Waals surface area contributed by atoms with Gasteiger partial charge in [0.25, 0.3) is 10.0 Å². The summed E-state index contributed by atoms with van der Waals surface area (Å²) in [6, 6.07) is 17.9. The monoisotopic (exact) mass is 300 g/mol. The fourth-order valence-corrected chi connectivity index (χ4v) is 2.51. The third kappa shape index (κ3) is 4.57. The number of nitrogens with one attached hydrogen (secondary N) is 1. The SMILES string of the molecule is CC(/C=N/NS(=O)(=O)c1ccccc1)=C\c1ccccc1. The molecular formula is C16H16N2O2S. The van der Waals surface area contributed by atoms with Crippen LogP contribution >= 0.6 is 0 Å². The molecule has 0 aliphatic heterocycles. The fourth-order valence-electron chi connectivity index (χ4n) is 1.70. The van der Waals surface area contributed by atoms with E-state index in [0.717, 1.165) is 11.1 Å². The highest BCUT2D eigenvalue weighted by atomic mass is 32.2. The van der Waals surface area contributed by atoms with Gasteiger partial charge in [0.15, 0.2) is 0 Å². The highest BCUT2D eigenvalue weighted by Crippen LogP contribution is 2.07. The average molecular weight is 300 g/mol. The minimum atomic E-state index is -3.60. The summed E-state index contributed by atoms with van der Waals surface area (Å²) in [5, 5.41) is 3.78. The summed E-state index contributed by atoms with van der Waals surface area (Å²) >= 11 is 0. The molecule has 0 saturated carbocycles. The second-order valence-electron chi connectivity index (χ2n) is 4.47. The first-order valence-corrected chi connectivity index (χ1v) is 7.89. The van der Waals surface area contributed by atoms with Crippen LogP contribution in [0.1, 0.15) is 12.5 Å². The van der Waals surface area contributed by atoms with Crippen LogP contribution in [0.25, 0.3) is 6.08 Å². The topological polar surface area (TPSA) is 58.5 Å². The van der Waals surface area contributed by atoms with Crippen LogP contribution in [0.4, 0.5) is 0 Å². The van der Waals surface area contributed by atoms with E-state index in [9.17, 15) is 8.42 Å². The van der Waals surface area contributed by atoms with Crippen molar-refractivity contribution >= 4 is 22.3 Å². The Kier molecular flexibility index (Phi) is 4.90. The Morgan fingerprint density at radius 1 is 1.00 bits per heavy atom. The molecule has 0 atom stereocenters. The molecule has 0 bridgehead atoms. The van der Waals surface area contributed by atoms with E-state index in [0.29, 0.717) is 0 Å². The van der Waals surface area contributed by atoms with Crippen molar-refractivity contribution < 1.29 is 8.42 Å². The van der Waals surface area contributed by atoms with Gasteiger partial charge in [-0.15, -0.1) is 0 Å².